The summed E-state index contributed by atoms with van der Waals surface area (Å²) in [6.45, 7) is 11.3. The highest BCUT2D eigenvalue weighted by molar-refractivity contribution is 6.25. The third-order valence-electron chi connectivity index (χ3n) is 2.79. The van der Waals surface area contributed by atoms with Crippen LogP contribution in [-0.2, 0) is 0 Å². The van der Waals surface area contributed by atoms with Gasteiger partial charge >= 0.3 is 7.69 Å². The molecule has 3 heteroatoms. The van der Waals surface area contributed by atoms with Crippen LogP contribution in [-0.4, -0.2) is 12.2 Å². The van der Waals surface area contributed by atoms with Crippen molar-refractivity contribution in [2.75, 3.05) is 0 Å². The third-order valence-corrected chi connectivity index (χ3v) is 2.79. The Morgan fingerprint density at radius 2 is 1.95 bits per heavy atom. The SMILES string of the molecule is C=C/C=C\c1c(C=C)c(=C/C)/c(=C\C=C/C)n1[B]F. The highest BCUT2D eigenvalue weighted by Crippen LogP contribution is 2.07. The fourth-order valence-corrected chi connectivity index (χ4v) is 1.98. The quantitative estimate of drug-likeness (QED) is 0.562. The lowest BCUT2D eigenvalue weighted by Gasteiger charge is -2.00. The average Bonchev–Trinajstić information content (AvgIpc) is 2.74. The van der Waals surface area contributed by atoms with Crippen molar-refractivity contribution in [1.29, 1.82) is 0 Å². The fourth-order valence-electron chi connectivity index (χ4n) is 1.98. The molecule has 0 spiro atoms. The smallest absolute Gasteiger partial charge is 0.358 e. The molecule has 0 saturated carbocycles. The highest BCUT2D eigenvalue weighted by Gasteiger charge is 2.10. The molecule has 0 atom stereocenters. The Balaban J connectivity index is 3.83. The van der Waals surface area contributed by atoms with E-state index in [2.05, 4.69) is 13.2 Å². The maximum atomic E-state index is 13.3. The van der Waals surface area contributed by atoms with Gasteiger partial charge in [-0.3, -0.25) is 0 Å². The Morgan fingerprint density at radius 3 is 2.42 bits per heavy atom. The summed E-state index contributed by atoms with van der Waals surface area (Å²) in [5, 5.41) is 1.76. The maximum absolute atomic E-state index is 13.3. The molecule has 1 rings (SSSR count). The summed E-state index contributed by atoms with van der Waals surface area (Å²) >= 11 is 0. The van der Waals surface area contributed by atoms with Crippen molar-refractivity contribution in [2.24, 2.45) is 0 Å². The van der Waals surface area contributed by atoms with E-state index in [1.807, 2.05) is 44.2 Å². The van der Waals surface area contributed by atoms with Gasteiger partial charge < -0.3 is 8.79 Å². The lowest BCUT2D eigenvalue weighted by Crippen LogP contribution is -2.31. The Labute approximate surface area is 114 Å². The molecular formula is C16H18BFN. The van der Waals surface area contributed by atoms with Gasteiger partial charge in [0.25, 0.3) is 0 Å². The first-order valence-electron chi connectivity index (χ1n) is 6.13. The molecule has 0 aliphatic rings. The standard InChI is InChI=1S/C16H18BFN/c1-5-9-11-15-13(7-3)14(8-4)16(12-10-6-2)19(15)17-18/h5-12H,1,3H2,2,4H3/b10-6-,11-9-,14-8-,16-12+. The van der Waals surface area contributed by atoms with E-state index in [9.17, 15) is 4.32 Å². The van der Waals surface area contributed by atoms with Crippen LogP contribution in [0.4, 0.5) is 4.32 Å². The number of hydrogen-bond donors (Lipinski definition) is 0. The van der Waals surface area contributed by atoms with E-state index in [0.29, 0.717) is 7.69 Å². The van der Waals surface area contributed by atoms with Gasteiger partial charge in [0, 0.05) is 21.8 Å². The highest BCUT2D eigenvalue weighted by atomic mass is 19.1. The largest absolute Gasteiger partial charge is 0.495 e. The first-order chi connectivity index (χ1) is 9.24. The van der Waals surface area contributed by atoms with Gasteiger partial charge in [-0.15, -0.1) is 0 Å². The second-order valence-corrected chi connectivity index (χ2v) is 3.85. The molecule has 0 unspecified atom stereocenters. The van der Waals surface area contributed by atoms with Crippen molar-refractivity contribution >= 4 is 32.0 Å². The Kier molecular flexibility index (Phi) is 5.87. The van der Waals surface area contributed by atoms with E-state index < -0.39 is 0 Å². The maximum Gasteiger partial charge on any atom is 0.495 e. The minimum atomic E-state index is 0.568. The van der Waals surface area contributed by atoms with Gasteiger partial charge in [0.05, 0.1) is 0 Å². The summed E-state index contributed by atoms with van der Waals surface area (Å²) < 4.78 is 14.8. The molecule has 19 heavy (non-hydrogen) atoms. The zero-order valence-electron chi connectivity index (χ0n) is 11.4. The summed E-state index contributed by atoms with van der Waals surface area (Å²) in [5.74, 6) is 0. The molecule has 0 amide bonds. The molecular weight excluding hydrogens is 236 g/mol. The second kappa shape index (κ2) is 7.42. The van der Waals surface area contributed by atoms with E-state index in [4.69, 9.17) is 0 Å². The molecule has 0 aromatic carbocycles. The zero-order valence-corrected chi connectivity index (χ0v) is 11.4. The van der Waals surface area contributed by atoms with Crippen LogP contribution in [0.15, 0.2) is 37.5 Å². The van der Waals surface area contributed by atoms with Gasteiger partial charge in [-0.1, -0.05) is 49.6 Å². The van der Waals surface area contributed by atoms with Gasteiger partial charge in [-0.05, 0) is 26.0 Å². The van der Waals surface area contributed by atoms with Crippen molar-refractivity contribution < 1.29 is 4.32 Å². The minimum Gasteiger partial charge on any atom is -0.358 e. The molecule has 1 aromatic heterocycles. The lowest BCUT2D eigenvalue weighted by molar-refractivity contribution is 0.826. The number of rotatable bonds is 5. The van der Waals surface area contributed by atoms with Gasteiger partial charge in [0.2, 0.25) is 0 Å². The molecule has 1 heterocycles. The lowest BCUT2D eigenvalue weighted by atomic mass is 10.1. The summed E-state index contributed by atoms with van der Waals surface area (Å²) in [7, 11) is 0.568. The van der Waals surface area contributed by atoms with Crippen LogP contribution in [0.25, 0.3) is 24.3 Å². The Hall–Kier alpha value is -2.03. The first kappa shape index (κ1) is 15.0. The fraction of sp³-hybridized carbons (Fsp3) is 0.125. The van der Waals surface area contributed by atoms with Gasteiger partial charge in [-0.2, -0.15) is 0 Å². The molecule has 0 fully saturated rings. The number of nitrogens with zero attached hydrogens (tertiary/aromatic N) is 1. The summed E-state index contributed by atoms with van der Waals surface area (Å²) in [6.07, 6.45) is 14.6. The van der Waals surface area contributed by atoms with E-state index in [1.54, 1.807) is 18.2 Å². The number of aromatic nitrogens is 1. The van der Waals surface area contributed by atoms with E-state index >= 15 is 0 Å². The number of halogens is 1. The molecule has 0 N–H and O–H groups in total. The van der Waals surface area contributed by atoms with Gasteiger partial charge in [-0.25, -0.2) is 0 Å². The van der Waals surface area contributed by atoms with Gasteiger partial charge in [0.1, 0.15) is 0 Å². The average molecular weight is 254 g/mol. The predicted molar refractivity (Wildman–Crippen MR) is 84.7 cm³/mol. The van der Waals surface area contributed by atoms with Crippen molar-refractivity contribution in [2.45, 2.75) is 13.8 Å². The van der Waals surface area contributed by atoms with Crippen LogP contribution in [0.3, 0.4) is 0 Å². The molecule has 0 aliphatic carbocycles. The van der Waals surface area contributed by atoms with Crippen LogP contribution in [0.2, 0.25) is 0 Å². The van der Waals surface area contributed by atoms with E-state index in [1.165, 1.54) is 4.48 Å². The van der Waals surface area contributed by atoms with Crippen molar-refractivity contribution in [3.05, 3.63) is 59.3 Å². The summed E-state index contributed by atoms with van der Waals surface area (Å²) in [5.41, 5.74) is 1.66. The molecule has 97 valence electrons. The molecule has 1 aromatic rings. The van der Waals surface area contributed by atoms with E-state index in [-0.39, 0.29) is 0 Å². The van der Waals surface area contributed by atoms with Crippen LogP contribution in [0.1, 0.15) is 25.1 Å². The third kappa shape index (κ3) is 3.05. The predicted octanol–water partition coefficient (Wildman–Crippen LogP) is 2.84. The number of hydrogen-bond acceptors (Lipinski definition) is 0. The normalized spacial score (nSPS) is 13.6. The van der Waals surface area contributed by atoms with Gasteiger partial charge in [0.15, 0.2) is 0 Å². The number of allylic oxidation sites excluding steroid dienone is 4. The summed E-state index contributed by atoms with van der Waals surface area (Å²) in [4.78, 5) is 0. The van der Waals surface area contributed by atoms with Crippen LogP contribution in [0, 0.1) is 0 Å². The zero-order chi connectivity index (χ0) is 14.3. The van der Waals surface area contributed by atoms with Crippen LogP contribution >= 0.6 is 0 Å². The Morgan fingerprint density at radius 1 is 1.21 bits per heavy atom. The van der Waals surface area contributed by atoms with Crippen LogP contribution in [0.5, 0.6) is 0 Å². The topological polar surface area (TPSA) is 4.93 Å². The van der Waals surface area contributed by atoms with Crippen molar-refractivity contribution in [1.82, 2.24) is 4.48 Å². The molecule has 1 nitrogen and oxygen atoms in total. The minimum absolute atomic E-state index is 0.568. The monoisotopic (exact) mass is 254 g/mol. The molecule has 1 radical (unpaired) electrons. The molecule has 0 saturated heterocycles. The van der Waals surface area contributed by atoms with E-state index in [0.717, 1.165) is 21.8 Å². The summed E-state index contributed by atoms with van der Waals surface area (Å²) in [6, 6.07) is 0. The molecule has 0 bridgehead atoms. The first-order valence-corrected chi connectivity index (χ1v) is 6.13. The van der Waals surface area contributed by atoms with Crippen LogP contribution < -0.4 is 10.6 Å². The van der Waals surface area contributed by atoms with Crippen molar-refractivity contribution in [3.8, 4) is 0 Å². The van der Waals surface area contributed by atoms with Crippen molar-refractivity contribution in [3.63, 3.8) is 0 Å². The Bertz CT molecular complexity index is 633. The molecule has 0 aliphatic heterocycles. The second-order valence-electron chi connectivity index (χ2n) is 3.85.